The molecule has 0 aromatic heterocycles. The molecule has 0 aliphatic carbocycles. The van der Waals surface area contributed by atoms with Crippen LogP contribution in [0, 0.1) is 0 Å². The predicted molar refractivity (Wildman–Crippen MR) is 125 cm³/mol. The highest BCUT2D eigenvalue weighted by Crippen LogP contribution is 2.34. The van der Waals surface area contributed by atoms with Crippen LogP contribution in [0.15, 0.2) is 42.5 Å². The second-order valence-corrected chi connectivity index (χ2v) is 9.60. The molecule has 2 aromatic carbocycles. The second-order valence-electron chi connectivity index (χ2n) is 7.70. The number of nitrogens with one attached hydrogen (secondary N) is 1. The summed E-state index contributed by atoms with van der Waals surface area (Å²) in [7, 11) is -1.97. The van der Waals surface area contributed by atoms with Gasteiger partial charge in [0.1, 0.15) is 19.8 Å². The van der Waals surface area contributed by atoms with Crippen LogP contribution in [0.25, 0.3) is 0 Å². The molecule has 9 nitrogen and oxygen atoms in total. The van der Waals surface area contributed by atoms with Crippen LogP contribution in [0.1, 0.15) is 19.8 Å². The molecule has 2 aromatic rings. The Balaban J connectivity index is 1.50. The number of amides is 1. The Kier molecular flexibility index (Phi) is 8.26. The first kappa shape index (κ1) is 24.5. The van der Waals surface area contributed by atoms with E-state index in [4.69, 9.17) is 18.9 Å². The summed E-state index contributed by atoms with van der Waals surface area (Å²) in [6.07, 6.45) is 1.67. The van der Waals surface area contributed by atoms with Gasteiger partial charge in [-0.05, 0) is 37.6 Å². The normalized spacial score (nSPS) is 13.7. The minimum absolute atomic E-state index is 0.165. The second kappa shape index (κ2) is 11.1. The van der Waals surface area contributed by atoms with Crippen molar-refractivity contribution in [1.29, 1.82) is 0 Å². The number of anilines is 1. The summed E-state index contributed by atoms with van der Waals surface area (Å²) in [6.45, 7) is 3.15. The van der Waals surface area contributed by atoms with Crippen LogP contribution < -0.4 is 28.6 Å². The van der Waals surface area contributed by atoms with Crippen molar-refractivity contribution in [2.75, 3.05) is 44.0 Å². The molecule has 0 saturated carbocycles. The quantitative estimate of drug-likeness (QED) is 0.529. The third-order valence-corrected chi connectivity index (χ3v) is 6.14. The van der Waals surface area contributed by atoms with Gasteiger partial charge in [-0.25, -0.2) is 8.42 Å². The van der Waals surface area contributed by atoms with Crippen molar-refractivity contribution in [1.82, 2.24) is 5.32 Å². The van der Waals surface area contributed by atoms with Crippen molar-refractivity contribution in [3.8, 4) is 23.0 Å². The van der Waals surface area contributed by atoms with Gasteiger partial charge in [0.25, 0.3) is 0 Å². The molecular weight excluding hydrogens is 448 g/mol. The van der Waals surface area contributed by atoms with Crippen molar-refractivity contribution < 1.29 is 32.2 Å². The Labute approximate surface area is 194 Å². The number of sulfonamides is 1. The fraction of sp³-hybridized carbons (Fsp3) is 0.435. The molecule has 0 spiro atoms. The summed E-state index contributed by atoms with van der Waals surface area (Å²) in [5.41, 5.74) is 0.473. The zero-order valence-electron chi connectivity index (χ0n) is 19.1. The van der Waals surface area contributed by atoms with Crippen LogP contribution in [-0.4, -0.2) is 60.1 Å². The summed E-state index contributed by atoms with van der Waals surface area (Å²) in [4.78, 5) is 12.4. The van der Waals surface area contributed by atoms with Gasteiger partial charge in [0.2, 0.25) is 15.9 Å². The maximum Gasteiger partial charge on any atom is 0.232 e. The van der Waals surface area contributed by atoms with Gasteiger partial charge in [-0.1, -0.05) is 12.1 Å². The molecule has 33 heavy (non-hydrogen) atoms. The van der Waals surface area contributed by atoms with Gasteiger partial charge in [-0.3, -0.25) is 9.10 Å². The highest BCUT2D eigenvalue weighted by molar-refractivity contribution is 7.92. The van der Waals surface area contributed by atoms with Crippen molar-refractivity contribution in [2.45, 2.75) is 25.8 Å². The third-order valence-electron chi connectivity index (χ3n) is 4.94. The lowest BCUT2D eigenvalue weighted by molar-refractivity contribution is -0.121. The fourth-order valence-corrected chi connectivity index (χ4v) is 4.36. The number of hydrogen-bond donors (Lipinski definition) is 1. The van der Waals surface area contributed by atoms with Crippen LogP contribution in [0.4, 0.5) is 5.69 Å². The lowest BCUT2D eigenvalue weighted by Crippen LogP contribution is -2.37. The number of ether oxygens (including phenoxy) is 4. The van der Waals surface area contributed by atoms with Crippen molar-refractivity contribution in [3.63, 3.8) is 0 Å². The number of carbonyl (C=O) groups is 1. The molecule has 1 heterocycles. The smallest absolute Gasteiger partial charge is 0.232 e. The summed E-state index contributed by atoms with van der Waals surface area (Å²) in [5, 5.41) is 2.87. The Morgan fingerprint density at radius 3 is 2.52 bits per heavy atom. The van der Waals surface area contributed by atoms with E-state index in [1.165, 1.54) is 4.31 Å². The maximum atomic E-state index is 12.4. The third kappa shape index (κ3) is 6.92. The van der Waals surface area contributed by atoms with E-state index in [-0.39, 0.29) is 31.5 Å². The van der Waals surface area contributed by atoms with Crippen LogP contribution in [0.2, 0.25) is 0 Å². The SMILES string of the molecule is COc1ccccc1OC[C@H](C)NC(=O)CCCN(c1ccc2c(c1)OCCO2)S(C)(=O)=O. The molecule has 0 fully saturated rings. The van der Waals surface area contributed by atoms with E-state index >= 15 is 0 Å². The molecule has 3 rings (SSSR count). The monoisotopic (exact) mass is 478 g/mol. The number of carbonyl (C=O) groups excluding carboxylic acids is 1. The zero-order valence-corrected chi connectivity index (χ0v) is 19.9. The maximum absolute atomic E-state index is 12.4. The first-order valence-electron chi connectivity index (χ1n) is 10.7. The average molecular weight is 479 g/mol. The van der Waals surface area contributed by atoms with Gasteiger partial charge < -0.3 is 24.3 Å². The highest BCUT2D eigenvalue weighted by Gasteiger charge is 2.21. The van der Waals surface area contributed by atoms with Gasteiger partial charge in [0, 0.05) is 19.0 Å². The van der Waals surface area contributed by atoms with Crippen LogP contribution in [0.3, 0.4) is 0 Å². The molecule has 1 N–H and O–H groups in total. The Bertz CT molecular complexity index is 1060. The lowest BCUT2D eigenvalue weighted by atomic mass is 10.2. The van der Waals surface area contributed by atoms with E-state index in [0.29, 0.717) is 48.3 Å². The van der Waals surface area contributed by atoms with E-state index in [2.05, 4.69) is 5.32 Å². The molecule has 0 bridgehead atoms. The predicted octanol–water partition coefficient (Wildman–Crippen LogP) is 2.60. The van der Waals surface area contributed by atoms with E-state index < -0.39 is 10.0 Å². The van der Waals surface area contributed by atoms with Gasteiger partial charge >= 0.3 is 0 Å². The molecule has 0 saturated heterocycles. The minimum Gasteiger partial charge on any atom is -0.493 e. The standard InChI is InChI=1S/C23H30N2O7S/c1-17(16-32-20-8-5-4-7-19(20)29-2)24-23(26)9-6-12-25(33(3,27)28)18-10-11-21-22(15-18)31-14-13-30-21/h4-5,7-8,10-11,15,17H,6,9,12-14,16H2,1-3H3,(H,24,26)/t17-/m0/s1. The van der Waals surface area contributed by atoms with Gasteiger partial charge in [-0.2, -0.15) is 0 Å². The molecule has 1 amide bonds. The van der Waals surface area contributed by atoms with E-state index in [0.717, 1.165) is 6.26 Å². The minimum atomic E-state index is -3.54. The topological polar surface area (TPSA) is 103 Å². The number of benzene rings is 2. The van der Waals surface area contributed by atoms with Gasteiger partial charge in [0.15, 0.2) is 23.0 Å². The van der Waals surface area contributed by atoms with Crippen LogP contribution >= 0.6 is 0 Å². The molecule has 0 radical (unpaired) electrons. The fourth-order valence-electron chi connectivity index (χ4n) is 3.40. The van der Waals surface area contributed by atoms with Crippen molar-refractivity contribution in [2.24, 2.45) is 0 Å². The number of fused-ring (bicyclic) bond motifs is 1. The Morgan fingerprint density at radius 2 is 1.82 bits per heavy atom. The summed E-state index contributed by atoms with van der Waals surface area (Å²) in [6, 6.07) is 12.1. The molecule has 0 unspecified atom stereocenters. The van der Waals surface area contributed by atoms with Gasteiger partial charge in [-0.15, -0.1) is 0 Å². The van der Waals surface area contributed by atoms with E-state index in [1.807, 2.05) is 19.1 Å². The van der Waals surface area contributed by atoms with E-state index in [9.17, 15) is 13.2 Å². The van der Waals surface area contributed by atoms with Gasteiger partial charge in [0.05, 0.1) is 25.1 Å². The zero-order chi connectivity index (χ0) is 23.8. The van der Waals surface area contributed by atoms with Crippen molar-refractivity contribution >= 4 is 21.6 Å². The molecule has 1 atom stereocenters. The van der Waals surface area contributed by atoms with Crippen molar-refractivity contribution in [3.05, 3.63) is 42.5 Å². The number of para-hydroxylation sites is 2. The molecule has 1 aliphatic heterocycles. The summed E-state index contributed by atoms with van der Waals surface area (Å²) in [5.74, 6) is 2.14. The molecular formula is C23H30N2O7S. The number of nitrogens with zero attached hydrogens (tertiary/aromatic N) is 1. The average Bonchev–Trinajstić information content (AvgIpc) is 2.79. The highest BCUT2D eigenvalue weighted by atomic mass is 32.2. The first-order valence-corrected chi connectivity index (χ1v) is 12.6. The molecule has 10 heteroatoms. The first-order chi connectivity index (χ1) is 15.8. The molecule has 1 aliphatic rings. The Hall–Kier alpha value is -3.14. The van der Waals surface area contributed by atoms with Crippen LogP contribution in [0.5, 0.6) is 23.0 Å². The largest absolute Gasteiger partial charge is 0.493 e. The lowest BCUT2D eigenvalue weighted by Gasteiger charge is -2.25. The molecule has 180 valence electrons. The number of methoxy groups -OCH3 is 1. The summed E-state index contributed by atoms with van der Waals surface area (Å²) < 4.78 is 48.0. The number of rotatable bonds is 11. The van der Waals surface area contributed by atoms with E-state index in [1.54, 1.807) is 37.4 Å². The number of hydrogen-bond acceptors (Lipinski definition) is 7. The van der Waals surface area contributed by atoms with Crippen LogP contribution in [-0.2, 0) is 14.8 Å². The summed E-state index contributed by atoms with van der Waals surface area (Å²) >= 11 is 0. The Morgan fingerprint density at radius 1 is 1.12 bits per heavy atom.